The summed E-state index contributed by atoms with van der Waals surface area (Å²) in [7, 11) is 4.12. The molecule has 0 saturated heterocycles. The third kappa shape index (κ3) is 8.30. The highest BCUT2D eigenvalue weighted by Crippen LogP contribution is 2.36. The molecule has 0 heterocycles. The average Bonchev–Trinajstić information content (AvgIpc) is 2.39. The third-order valence-electron chi connectivity index (χ3n) is 2.72. The van der Waals surface area contributed by atoms with E-state index in [2.05, 4.69) is 24.3 Å². The fourth-order valence-corrected chi connectivity index (χ4v) is 2.09. The number of halogens is 3. The maximum absolute atomic E-state index is 6.27. The van der Waals surface area contributed by atoms with Gasteiger partial charge in [0.25, 0.3) is 0 Å². The van der Waals surface area contributed by atoms with Gasteiger partial charge in [0.2, 0.25) is 0 Å². The molecule has 22 heavy (non-hydrogen) atoms. The van der Waals surface area contributed by atoms with Crippen LogP contribution in [0.25, 0.3) is 0 Å². The fourth-order valence-electron chi connectivity index (χ4n) is 1.81. The Labute approximate surface area is 151 Å². The Morgan fingerprint density at radius 1 is 1.09 bits per heavy atom. The molecule has 0 fully saturated rings. The summed E-state index contributed by atoms with van der Waals surface area (Å²) >= 11 is 6.27. The lowest BCUT2D eigenvalue weighted by molar-refractivity contribution is 0.287. The monoisotopic (exact) mass is 372 g/mol. The van der Waals surface area contributed by atoms with Crippen LogP contribution in [0.15, 0.2) is 12.1 Å². The number of hydrogen-bond acceptors (Lipinski definition) is 4. The van der Waals surface area contributed by atoms with Crippen molar-refractivity contribution >= 4 is 36.4 Å². The molecule has 0 unspecified atom stereocenters. The van der Waals surface area contributed by atoms with E-state index in [1.807, 2.05) is 26.0 Å². The molecular formula is C15H27Cl3N2O2. The van der Waals surface area contributed by atoms with E-state index >= 15 is 0 Å². The van der Waals surface area contributed by atoms with Crippen LogP contribution >= 0.6 is 36.4 Å². The summed E-state index contributed by atoms with van der Waals surface area (Å²) in [6.07, 6.45) is 0. The van der Waals surface area contributed by atoms with Crippen LogP contribution in [0, 0.1) is 0 Å². The van der Waals surface area contributed by atoms with Crippen LogP contribution in [0.4, 0.5) is 0 Å². The topological polar surface area (TPSA) is 33.7 Å². The Morgan fingerprint density at radius 2 is 1.73 bits per heavy atom. The quantitative estimate of drug-likeness (QED) is 0.670. The normalized spacial score (nSPS) is 9.91. The van der Waals surface area contributed by atoms with Gasteiger partial charge < -0.3 is 19.7 Å². The van der Waals surface area contributed by atoms with Gasteiger partial charge in [-0.1, -0.05) is 11.6 Å². The smallest absolute Gasteiger partial charge is 0.179 e. The van der Waals surface area contributed by atoms with Crippen molar-refractivity contribution < 1.29 is 9.47 Å². The first-order valence-corrected chi connectivity index (χ1v) is 7.39. The van der Waals surface area contributed by atoms with E-state index in [1.165, 1.54) is 0 Å². The first-order chi connectivity index (χ1) is 9.58. The lowest BCUT2D eigenvalue weighted by Gasteiger charge is -2.15. The van der Waals surface area contributed by atoms with Crippen molar-refractivity contribution in [1.29, 1.82) is 0 Å². The van der Waals surface area contributed by atoms with E-state index in [0.717, 1.165) is 25.2 Å². The van der Waals surface area contributed by atoms with Crippen LogP contribution in [0.2, 0.25) is 5.02 Å². The molecule has 4 nitrogen and oxygen atoms in total. The molecule has 1 rings (SSSR count). The molecule has 0 aromatic heterocycles. The highest BCUT2D eigenvalue weighted by molar-refractivity contribution is 6.32. The Bertz CT molecular complexity index is 418. The van der Waals surface area contributed by atoms with E-state index < -0.39 is 0 Å². The van der Waals surface area contributed by atoms with Gasteiger partial charge in [-0.15, -0.1) is 24.8 Å². The number of likely N-dealkylation sites (N-methyl/N-ethyl adjacent to an activating group) is 1. The van der Waals surface area contributed by atoms with E-state index in [1.54, 1.807) is 0 Å². The highest BCUT2D eigenvalue weighted by Gasteiger charge is 2.12. The summed E-state index contributed by atoms with van der Waals surface area (Å²) in [6.45, 7) is 7.74. The van der Waals surface area contributed by atoms with Crippen molar-refractivity contribution in [2.75, 3.05) is 40.4 Å². The Kier molecular flexibility index (Phi) is 14.2. The summed E-state index contributed by atoms with van der Waals surface area (Å²) < 4.78 is 11.2. The SMILES string of the molecule is CCOc1cc(CNCCN(C)C)cc(Cl)c1OCC.Cl.Cl. The number of hydrogen-bond donors (Lipinski definition) is 1. The summed E-state index contributed by atoms with van der Waals surface area (Å²) in [5.41, 5.74) is 1.10. The van der Waals surface area contributed by atoms with Gasteiger partial charge in [0, 0.05) is 19.6 Å². The Hall–Kier alpha value is -0.390. The standard InChI is InChI=1S/C15H25ClN2O2.2ClH/c1-5-19-14-10-12(11-17-7-8-18(3)4)9-13(16)15(14)20-6-2;;/h9-10,17H,5-8,11H2,1-4H3;2*1H. The minimum atomic E-state index is 0. The maximum Gasteiger partial charge on any atom is 0.179 e. The maximum atomic E-state index is 6.27. The van der Waals surface area contributed by atoms with Gasteiger partial charge >= 0.3 is 0 Å². The zero-order valence-corrected chi connectivity index (χ0v) is 16.0. The van der Waals surface area contributed by atoms with Gasteiger partial charge in [-0.05, 0) is 45.6 Å². The molecule has 1 aromatic carbocycles. The first-order valence-electron chi connectivity index (χ1n) is 7.01. The van der Waals surface area contributed by atoms with Gasteiger partial charge in [0.15, 0.2) is 11.5 Å². The van der Waals surface area contributed by atoms with Crippen molar-refractivity contribution in [3.05, 3.63) is 22.7 Å². The van der Waals surface area contributed by atoms with Crippen LogP contribution in [-0.2, 0) is 6.54 Å². The van der Waals surface area contributed by atoms with Crippen molar-refractivity contribution in [2.45, 2.75) is 20.4 Å². The highest BCUT2D eigenvalue weighted by atomic mass is 35.5. The predicted octanol–water partition coefficient (Wildman–Crippen LogP) is 3.63. The molecule has 0 amide bonds. The van der Waals surface area contributed by atoms with Crippen LogP contribution in [0.3, 0.4) is 0 Å². The molecule has 130 valence electrons. The predicted molar refractivity (Wildman–Crippen MR) is 98.5 cm³/mol. The van der Waals surface area contributed by atoms with E-state index in [-0.39, 0.29) is 24.8 Å². The Morgan fingerprint density at radius 3 is 2.27 bits per heavy atom. The van der Waals surface area contributed by atoms with Crippen molar-refractivity contribution in [3.63, 3.8) is 0 Å². The van der Waals surface area contributed by atoms with E-state index in [9.17, 15) is 0 Å². The second-order valence-electron chi connectivity index (χ2n) is 4.75. The molecule has 0 aliphatic carbocycles. The lowest BCUT2D eigenvalue weighted by Crippen LogP contribution is -2.26. The molecule has 0 radical (unpaired) electrons. The molecule has 0 aliphatic rings. The number of benzene rings is 1. The van der Waals surface area contributed by atoms with E-state index in [4.69, 9.17) is 21.1 Å². The van der Waals surface area contributed by atoms with E-state index in [0.29, 0.717) is 29.7 Å². The van der Waals surface area contributed by atoms with Gasteiger partial charge in [-0.25, -0.2) is 0 Å². The van der Waals surface area contributed by atoms with Crippen LogP contribution in [-0.4, -0.2) is 45.3 Å². The molecule has 1 N–H and O–H groups in total. The zero-order valence-electron chi connectivity index (χ0n) is 13.6. The molecule has 0 bridgehead atoms. The van der Waals surface area contributed by atoms with Crippen LogP contribution < -0.4 is 14.8 Å². The first kappa shape index (κ1) is 23.9. The molecule has 1 aromatic rings. The van der Waals surface area contributed by atoms with Crippen molar-refractivity contribution in [3.8, 4) is 11.5 Å². The average molecular weight is 374 g/mol. The van der Waals surface area contributed by atoms with Gasteiger partial charge in [-0.2, -0.15) is 0 Å². The lowest BCUT2D eigenvalue weighted by atomic mass is 10.2. The minimum Gasteiger partial charge on any atom is -0.490 e. The van der Waals surface area contributed by atoms with Gasteiger partial charge in [0.1, 0.15) is 0 Å². The van der Waals surface area contributed by atoms with Crippen LogP contribution in [0.5, 0.6) is 11.5 Å². The largest absolute Gasteiger partial charge is 0.490 e. The van der Waals surface area contributed by atoms with Crippen molar-refractivity contribution in [2.24, 2.45) is 0 Å². The number of nitrogens with zero attached hydrogens (tertiary/aromatic N) is 1. The summed E-state index contributed by atoms with van der Waals surface area (Å²) in [5, 5.41) is 3.98. The molecule has 0 saturated carbocycles. The van der Waals surface area contributed by atoms with Gasteiger partial charge in [-0.3, -0.25) is 0 Å². The molecule has 0 aliphatic heterocycles. The zero-order chi connectivity index (χ0) is 15.0. The second-order valence-corrected chi connectivity index (χ2v) is 5.16. The fraction of sp³-hybridized carbons (Fsp3) is 0.600. The van der Waals surface area contributed by atoms with Crippen LogP contribution in [0.1, 0.15) is 19.4 Å². The molecule has 7 heteroatoms. The minimum absolute atomic E-state index is 0. The molecular weight excluding hydrogens is 347 g/mol. The molecule has 0 spiro atoms. The summed E-state index contributed by atoms with van der Waals surface area (Å²) in [6, 6.07) is 3.92. The number of rotatable bonds is 9. The third-order valence-corrected chi connectivity index (χ3v) is 3.00. The second kappa shape index (κ2) is 13.1. The molecule has 0 atom stereocenters. The Balaban J connectivity index is 0. The number of nitrogens with one attached hydrogen (secondary N) is 1. The summed E-state index contributed by atoms with van der Waals surface area (Å²) in [4.78, 5) is 2.14. The number of ether oxygens (including phenoxy) is 2. The summed E-state index contributed by atoms with van der Waals surface area (Å²) in [5.74, 6) is 1.35. The van der Waals surface area contributed by atoms with Crippen molar-refractivity contribution in [1.82, 2.24) is 10.2 Å². The van der Waals surface area contributed by atoms with Gasteiger partial charge in [0.05, 0.1) is 18.2 Å².